The molecule has 0 saturated heterocycles. The lowest BCUT2D eigenvalue weighted by molar-refractivity contribution is 0.671. The van der Waals surface area contributed by atoms with Crippen LogP contribution in [0.5, 0.6) is 0 Å². The lowest BCUT2D eigenvalue weighted by Gasteiger charge is -2.11. The Morgan fingerprint density at radius 3 is 1.78 bits per heavy atom. The maximum Gasteiger partial charge on any atom is 0.143 e. The van der Waals surface area contributed by atoms with Crippen LogP contribution in [0.25, 0.3) is 110 Å². The van der Waals surface area contributed by atoms with Crippen molar-refractivity contribution >= 4 is 76.1 Å². The summed E-state index contributed by atoms with van der Waals surface area (Å²) in [7, 11) is 0. The number of rotatable bonds is 3. The fraction of sp³-hybridized carbons (Fsp3) is 0. The van der Waals surface area contributed by atoms with E-state index in [1.165, 1.54) is 37.9 Å². The number of para-hydroxylation sites is 1. The molecule has 2 heterocycles. The van der Waals surface area contributed by atoms with Crippen molar-refractivity contribution in [3.63, 3.8) is 0 Å². The van der Waals surface area contributed by atoms with Gasteiger partial charge in [0.05, 0.1) is 22.9 Å². The summed E-state index contributed by atoms with van der Waals surface area (Å²) >= 11 is 0. The Labute approximate surface area is 293 Å². The Kier molecular flexibility index (Phi) is 5.96. The second-order valence-electron chi connectivity index (χ2n) is 13.3. The van der Waals surface area contributed by atoms with Gasteiger partial charge in [-0.25, -0.2) is 4.98 Å². The van der Waals surface area contributed by atoms with Gasteiger partial charge in [-0.15, -0.1) is 0 Å². The molecule has 0 amide bonds. The highest BCUT2D eigenvalue weighted by atomic mass is 16.3. The Morgan fingerprint density at radius 1 is 0.373 bits per heavy atom. The predicted octanol–water partition coefficient (Wildman–Crippen LogP) is 13.1. The van der Waals surface area contributed by atoms with E-state index >= 15 is 0 Å². The molecule has 3 heteroatoms. The molecule has 0 atom stereocenters. The van der Waals surface area contributed by atoms with Gasteiger partial charge < -0.3 is 4.42 Å². The number of aromatic nitrogens is 2. The van der Waals surface area contributed by atoms with Crippen LogP contribution in [0.4, 0.5) is 0 Å². The monoisotopic (exact) mass is 648 g/mol. The van der Waals surface area contributed by atoms with Gasteiger partial charge in [0.25, 0.3) is 0 Å². The van der Waals surface area contributed by atoms with Crippen molar-refractivity contribution in [2.75, 3.05) is 0 Å². The SMILES string of the molecule is c1cc(-c2cnc3c4ccccc4c4ccccc4c3n2)cc(-c2cc3ccccc3c3c2oc2c(-c4cccc5ccccc45)cccc23)c1. The van der Waals surface area contributed by atoms with E-state index < -0.39 is 0 Å². The summed E-state index contributed by atoms with van der Waals surface area (Å²) in [4.78, 5) is 10.3. The van der Waals surface area contributed by atoms with Gasteiger partial charge >= 0.3 is 0 Å². The van der Waals surface area contributed by atoms with Gasteiger partial charge in [0.1, 0.15) is 11.2 Å². The normalized spacial score (nSPS) is 11.9. The van der Waals surface area contributed by atoms with Crippen LogP contribution in [-0.2, 0) is 0 Å². The van der Waals surface area contributed by atoms with Gasteiger partial charge in [0.2, 0.25) is 0 Å². The van der Waals surface area contributed by atoms with E-state index in [9.17, 15) is 0 Å². The molecule has 2 aromatic heterocycles. The molecule has 0 spiro atoms. The van der Waals surface area contributed by atoms with E-state index in [4.69, 9.17) is 14.4 Å². The largest absolute Gasteiger partial charge is 0.455 e. The molecule has 0 radical (unpaired) electrons. The molecule has 11 rings (SSSR count). The molecule has 0 saturated carbocycles. The van der Waals surface area contributed by atoms with Gasteiger partial charge in [0, 0.05) is 38.2 Å². The van der Waals surface area contributed by atoms with Crippen molar-refractivity contribution in [3.05, 3.63) is 170 Å². The molecule has 0 fully saturated rings. The molecule has 11 aromatic rings. The summed E-state index contributed by atoms with van der Waals surface area (Å²) in [6.07, 6.45) is 1.91. The summed E-state index contributed by atoms with van der Waals surface area (Å²) in [5.41, 5.74) is 9.85. The molecule has 3 nitrogen and oxygen atoms in total. The zero-order valence-corrected chi connectivity index (χ0v) is 27.5. The summed E-state index contributed by atoms with van der Waals surface area (Å²) in [6, 6.07) is 58.1. The molecular weight excluding hydrogens is 621 g/mol. The van der Waals surface area contributed by atoms with Crippen molar-refractivity contribution in [2.45, 2.75) is 0 Å². The Bertz CT molecular complexity index is 3170. The molecule has 51 heavy (non-hydrogen) atoms. The number of fused-ring (bicyclic) bond motifs is 12. The first-order valence-electron chi connectivity index (χ1n) is 17.3. The standard InChI is InChI=1S/C48H28N2O/c1-3-17-33-29(12-1)14-10-23-35(33)40-24-11-25-41-44-34-18-4-2-13-31(34)27-42(48(44)51-47(40)41)30-15-9-16-32(26-30)43-28-49-45-38-21-7-5-19-36(38)37-20-6-8-22-39(37)46(45)50-43/h1-28H. The number of hydrogen-bond donors (Lipinski definition) is 0. The highest BCUT2D eigenvalue weighted by Crippen LogP contribution is 2.45. The molecule has 0 unspecified atom stereocenters. The Hall–Kier alpha value is -6.84. The number of nitrogens with zero attached hydrogens (tertiary/aromatic N) is 2. The number of benzene rings is 9. The van der Waals surface area contributed by atoms with Crippen molar-refractivity contribution in [1.29, 1.82) is 0 Å². The fourth-order valence-corrected chi connectivity index (χ4v) is 8.14. The first-order chi connectivity index (χ1) is 25.3. The Morgan fingerprint density at radius 2 is 0.961 bits per heavy atom. The van der Waals surface area contributed by atoms with E-state index in [0.29, 0.717) is 0 Å². The zero-order valence-electron chi connectivity index (χ0n) is 27.5. The Balaban J connectivity index is 1.15. The molecule has 0 aliphatic rings. The van der Waals surface area contributed by atoms with Crippen LogP contribution in [0.1, 0.15) is 0 Å². The van der Waals surface area contributed by atoms with Crippen LogP contribution in [-0.4, -0.2) is 9.97 Å². The minimum absolute atomic E-state index is 0.838. The van der Waals surface area contributed by atoms with Gasteiger partial charge in [-0.1, -0.05) is 152 Å². The molecule has 0 aliphatic carbocycles. The zero-order chi connectivity index (χ0) is 33.5. The smallest absolute Gasteiger partial charge is 0.143 e. The van der Waals surface area contributed by atoms with Crippen LogP contribution in [0.3, 0.4) is 0 Å². The second-order valence-corrected chi connectivity index (χ2v) is 13.3. The highest BCUT2D eigenvalue weighted by Gasteiger charge is 2.20. The molecule has 9 aromatic carbocycles. The lowest BCUT2D eigenvalue weighted by atomic mass is 9.93. The van der Waals surface area contributed by atoms with Crippen LogP contribution in [0.2, 0.25) is 0 Å². The minimum atomic E-state index is 0.838. The minimum Gasteiger partial charge on any atom is -0.455 e. The average molecular weight is 649 g/mol. The van der Waals surface area contributed by atoms with Gasteiger partial charge in [0.15, 0.2) is 0 Å². The van der Waals surface area contributed by atoms with Crippen molar-refractivity contribution in [2.24, 2.45) is 0 Å². The fourth-order valence-electron chi connectivity index (χ4n) is 8.14. The van der Waals surface area contributed by atoms with Crippen LogP contribution >= 0.6 is 0 Å². The average Bonchev–Trinajstić information content (AvgIpc) is 3.61. The van der Waals surface area contributed by atoms with Gasteiger partial charge in [-0.05, 0) is 55.6 Å². The third-order valence-electron chi connectivity index (χ3n) is 10.5. The second kappa shape index (κ2) is 10.8. The van der Waals surface area contributed by atoms with E-state index in [-0.39, 0.29) is 0 Å². The molecular formula is C48H28N2O. The molecule has 236 valence electrons. The number of hydrogen-bond acceptors (Lipinski definition) is 3. The van der Waals surface area contributed by atoms with E-state index in [2.05, 4.69) is 164 Å². The quantitative estimate of drug-likeness (QED) is 0.179. The third kappa shape index (κ3) is 4.19. The predicted molar refractivity (Wildman–Crippen MR) is 213 cm³/mol. The summed E-state index contributed by atoms with van der Waals surface area (Å²) < 4.78 is 7.04. The topological polar surface area (TPSA) is 38.9 Å². The first-order valence-corrected chi connectivity index (χ1v) is 17.3. The van der Waals surface area contributed by atoms with Crippen LogP contribution in [0.15, 0.2) is 174 Å². The third-order valence-corrected chi connectivity index (χ3v) is 10.5. The highest BCUT2D eigenvalue weighted by molar-refractivity contribution is 6.25. The lowest BCUT2D eigenvalue weighted by Crippen LogP contribution is -1.92. The summed E-state index contributed by atoms with van der Waals surface area (Å²) in [5.74, 6) is 0. The summed E-state index contributed by atoms with van der Waals surface area (Å²) in [5, 5.41) is 11.6. The van der Waals surface area contributed by atoms with Crippen molar-refractivity contribution in [1.82, 2.24) is 9.97 Å². The first kappa shape index (κ1) is 28.0. The molecule has 0 N–H and O–H groups in total. The van der Waals surface area contributed by atoms with Crippen molar-refractivity contribution in [3.8, 4) is 33.5 Å². The summed E-state index contributed by atoms with van der Waals surface area (Å²) in [6.45, 7) is 0. The molecule has 0 bridgehead atoms. The maximum absolute atomic E-state index is 7.04. The van der Waals surface area contributed by atoms with E-state index in [1.807, 2.05) is 6.20 Å². The van der Waals surface area contributed by atoms with Crippen LogP contribution < -0.4 is 0 Å². The van der Waals surface area contributed by atoms with E-state index in [1.54, 1.807) is 0 Å². The van der Waals surface area contributed by atoms with Crippen LogP contribution in [0, 0.1) is 0 Å². The number of furan rings is 1. The molecule has 0 aliphatic heterocycles. The van der Waals surface area contributed by atoms with Crippen molar-refractivity contribution < 1.29 is 4.42 Å². The van der Waals surface area contributed by atoms with Gasteiger partial charge in [-0.3, -0.25) is 4.98 Å². The maximum atomic E-state index is 7.04. The van der Waals surface area contributed by atoms with E-state index in [0.717, 1.165) is 71.7 Å². The van der Waals surface area contributed by atoms with Gasteiger partial charge in [-0.2, -0.15) is 0 Å².